The largest absolute Gasteiger partial charge is 0.490 e. The van der Waals surface area contributed by atoms with E-state index in [9.17, 15) is 4.79 Å². The highest BCUT2D eigenvalue weighted by atomic mass is 16.5. The zero-order valence-corrected chi connectivity index (χ0v) is 23.1. The lowest BCUT2D eigenvalue weighted by Gasteiger charge is -2.13. The molecule has 0 aliphatic carbocycles. The molecule has 0 fully saturated rings. The third-order valence-corrected chi connectivity index (χ3v) is 6.51. The number of hydrogen-bond donors (Lipinski definition) is 2. The van der Waals surface area contributed by atoms with E-state index >= 15 is 0 Å². The Labute approximate surface area is 225 Å². The lowest BCUT2D eigenvalue weighted by atomic mass is 10.0. The van der Waals surface area contributed by atoms with Crippen LogP contribution < -0.4 is 20.1 Å². The Morgan fingerprint density at radius 2 is 1.19 bits per heavy atom. The van der Waals surface area contributed by atoms with Gasteiger partial charge in [0, 0.05) is 0 Å². The van der Waals surface area contributed by atoms with Crippen molar-refractivity contribution in [1.29, 1.82) is 0 Å². The van der Waals surface area contributed by atoms with Gasteiger partial charge in [0.1, 0.15) is 24.7 Å². The van der Waals surface area contributed by atoms with Crippen molar-refractivity contribution < 1.29 is 14.3 Å². The van der Waals surface area contributed by atoms with Gasteiger partial charge in [0.15, 0.2) is 0 Å². The predicted octanol–water partition coefficient (Wildman–Crippen LogP) is 8.15. The fourth-order valence-corrected chi connectivity index (χ4v) is 4.36. The van der Waals surface area contributed by atoms with E-state index in [2.05, 4.69) is 17.6 Å². The van der Waals surface area contributed by atoms with Gasteiger partial charge in [-0.3, -0.25) is 4.79 Å². The van der Waals surface area contributed by atoms with Crippen LogP contribution in [0.5, 0.6) is 11.5 Å². The fraction of sp³-hybridized carbons (Fsp3) is 0.594. The summed E-state index contributed by atoms with van der Waals surface area (Å²) in [5.41, 5.74) is 0.686. The number of carbonyl (C=O) groups excluding carboxylic acids is 1. The molecule has 5 heteroatoms. The summed E-state index contributed by atoms with van der Waals surface area (Å²) in [6.07, 6.45) is 19.0. The number of rotatable bonds is 23. The molecule has 0 bridgehead atoms. The maximum absolute atomic E-state index is 12.4. The summed E-state index contributed by atoms with van der Waals surface area (Å²) < 4.78 is 11.5. The van der Waals surface area contributed by atoms with Gasteiger partial charge in [0.2, 0.25) is 5.91 Å². The van der Waals surface area contributed by atoms with E-state index in [1.807, 2.05) is 54.6 Å². The Balaban J connectivity index is 1.43. The molecular formula is C32H50N2O3. The minimum Gasteiger partial charge on any atom is -0.490 e. The molecule has 0 unspecified atom stereocenters. The second-order valence-corrected chi connectivity index (χ2v) is 9.83. The minimum absolute atomic E-state index is 0.0538. The molecule has 0 saturated heterocycles. The van der Waals surface area contributed by atoms with Gasteiger partial charge < -0.3 is 20.1 Å². The van der Waals surface area contributed by atoms with Crippen LogP contribution in [0.4, 0.5) is 5.69 Å². The van der Waals surface area contributed by atoms with E-state index in [0.29, 0.717) is 31.2 Å². The van der Waals surface area contributed by atoms with Crippen LogP contribution in [-0.2, 0) is 4.79 Å². The molecule has 2 aromatic rings. The van der Waals surface area contributed by atoms with Crippen molar-refractivity contribution in [3.8, 4) is 11.5 Å². The number of benzene rings is 2. The van der Waals surface area contributed by atoms with Crippen molar-refractivity contribution in [1.82, 2.24) is 5.32 Å². The van der Waals surface area contributed by atoms with Crippen molar-refractivity contribution in [2.75, 3.05) is 31.6 Å². The van der Waals surface area contributed by atoms with E-state index in [4.69, 9.17) is 9.47 Å². The first-order valence-electron chi connectivity index (χ1n) is 14.7. The molecule has 0 aromatic heterocycles. The third-order valence-electron chi connectivity index (χ3n) is 6.51. The zero-order chi connectivity index (χ0) is 26.2. The second kappa shape index (κ2) is 21.5. The standard InChI is InChI=1S/C32H50N2O3/c1-2-3-4-5-6-7-8-9-10-11-12-13-14-20-25-33-28-32(35)34-30-23-18-19-24-31(30)37-27-26-36-29-21-16-15-17-22-29/h15-19,21-24,33H,2-14,20,25-28H2,1H3,(H,34,35). The van der Waals surface area contributed by atoms with Crippen LogP contribution in [0.2, 0.25) is 0 Å². The van der Waals surface area contributed by atoms with Gasteiger partial charge in [-0.05, 0) is 37.2 Å². The van der Waals surface area contributed by atoms with Crippen LogP contribution in [0, 0.1) is 0 Å². The van der Waals surface area contributed by atoms with Crippen LogP contribution >= 0.6 is 0 Å². The average molecular weight is 511 g/mol. The third kappa shape index (κ3) is 16.0. The predicted molar refractivity (Wildman–Crippen MR) is 156 cm³/mol. The summed E-state index contributed by atoms with van der Waals surface area (Å²) in [5, 5.41) is 6.22. The molecule has 206 valence electrons. The van der Waals surface area contributed by atoms with Crippen molar-refractivity contribution >= 4 is 11.6 Å². The molecule has 37 heavy (non-hydrogen) atoms. The van der Waals surface area contributed by atoms with Crippen molar-refractivity contribution in [3.05, 3.63) is 54.6 Å². The molecule has 0 aliphatic heterocycles. The average Bonchev–Trinajstić information content (AvgIpc) is 2.92. The first kappa shape index (κ1) is 30.7. The van der Waals surface area contributed by atoms with Crippen LogP contribution in [0.15, 0.2) is 54.6 Å². The summed E-state index contributed by atoms with van der Waals surface area (Å²) in [7, 11) is 0. The maximum Gasteiger partial charge on any atom is 0.238 e. The van der Waals surface area contributed by atoms with Crippen LogP contribution in [0.1, 0.15) is 96.8 Å². The first-order valence-corrected chi connectivity index (χ1v) is 14.7. The molecule has 2 rings (SSSR count). The quantitative estimate of drug-likeness (QED) is 0.148. The molecular weight excluding hydrogens is 460 g/mol. The highest BCUT2D eigenvalue weighted by Gasteiger charge is 2.07. The van der Waals surface area contributed by atoms with Crippen LogP contribution in [0.3, 0.4) is 0 Å². The summed E-state index contributed by atoms with van der Waals surface area (Å²) in [6, 6.07) is 17.2. The highest BCUT2D eigenvalue weighted by Crippen LogP contribution is 2.23. The molecule has 0 aliphatic rings. The van der Waals surface area contributed by atoms with E-state index in [1.54, 1.807) is 0 Å². The zero-order valence-electron chi connectivity index (χ0n) is 23.1. The molecule has 1 amide bonds. The lowest BCUT2D eigenvalue weighted by molar-refractivity contribution is -0.115. The number of para-hydroxylation sites is 3. The molecule has 5 nitrogen and oxygen atoms in total. The summed E-state index contributed by atoms with van der Waals surface area (Å²) in [6.45, 7) is 4.30. The van der Waals surface area contributed by atoms with Gasteiger partial charge in [0.05, 0.1) is 12.2 Å². The van der Waals surface area contributed by atoms with Crippen LogP contribution in [0.25, 0.3) is 0 Å². The molecule has 0 spiro atoms. The number of amides is 1. The molecule has 2 N–H and O–H groups in total. The topological polar surface area (TPSA) is 59.6 Å². The Kier molecular flexibility index (Phi) is 17.9. The van der Waals surface area contributed by atoms with Crippen molar-refractivity contribution in [2.24, 2.45) is 0 Å². The molecule has 0 atom stereocenters. The smallest absolute Gasteiger partial charge is 0.238 e. The highest BCUT2D eigenvalue weighted by molar-refractivity contribution is 5.93. The van der Waals surface area contributed by atoms with Gasteiger partial charge in [-0.1, -0.05) is 121 Å². The molecule has 0 radical (unpaired) electrons. The number of carbonyl (C=O) groups is 1. The van der Waals surface area contributed by atoms with Gasteiger partial charge in [-0.15, -0.1) is 0 Å². The number of ether oxygens (including phenoxy) is 2. The van der Waals surface area contributed by atoms with Gasteiger partial charge in [0.25, 0.3) is 0 Å². The minimum atomic E-state index is -0.0538. The van der Waals surface area contributed by atoms with Crippen LogP contribution in [-0.4, -0.2) is 32.2 Å². The maximum atomic E-state index is 12.4. The normalized spacial score (nSPS) is 10.8. The fourth-order valence-electron chi connectivity index (χ4n) is 4.36. The Morgan fingerprint density at radius 1 is 0.649 bits per heavy atom. The van der Waals surface area contributed by atoms with Crippen molar-refractivity contribution in [3.63, 3.8) is 0 Å². The Morgan fingerprint density at radius 3 is 1.84 bits per heavy atom. The monoisotopic (exact) mass is 510 g/mol. The molecule has 2 aromatic carbocycles. The SMILES string of the molecule is CCCCCCCCCCCCCCCCNCC(=O)Nc1ccccc1OCCOc1ccccc1. The van der Waals surface area contributed by atoms with E-state index in [1.165, 1.54) is 83.5 Å². The van der Waals surface area contributed by atoms with Crippen molar-refractivity contribution in [2.45, 2.75) is 96.8 Å². The summed E-state index contributed by atoms with van der Waals surface area (Å²) in [4.78, 5) is 12.4. The Bertz CT molecular complexity index is 813. The number of hydrogen-bond acceptors (Lipinski definition) is 4. The first-order chi connectivity index (χ1) is 18.3. The molecule has 0 heterocycles. The number of anilines is 1. The van der Waals surface area contributed by atoms with Gasteiger partial charge in [-0.25, -0.2) is 0 Å². The summed E-state index contributed by atoms with van der Waals surface area (Å²) in [5.74, 6) is 1.42. The number of unbranched alkanes of at least 4 members (excludes halogenated alkanes) is 13. The summed E-state index contributed by atoms with van der Waals surface area (Å²) >= 11 is 0. The Hall–Kier alpha value is -2.53. The van der Waals surface area contributed by atoms with E-state index < -0.39 is 0 Å². The lowest BCUT2D eigenvalue weighted by Crippen LogP contribution is -2.29. The second-order valence-electron chi connectivity index (χ2n) is 9.83. The van der Waals surface area contributed by atoms with E-state index in [0.717, 1.165) is 18.7 Å². The number of nitrogens with one attached hydrogen (secondary N) is 2. The van der Waals surface area contributed by atoms with E-state index in [-0.39, 0.29) is 5.91 Å². The van der Waals surface area contributed by atoms with Gasteiger partial charge in [-0.2, -0.15) is 0 Å². The molecule has 0 saturated carbocycles. The van der Waals surface area contributed by atoms with Gasteiger partial charge >= 0.3 is 0 Å².